The van der Waals surface area contributed by atoms with Gasteiger partial charge in [0.15, 0.2) is 0 Å². The molecule has 1 aromatic carbocycles. The number of ether oxygens (including phenoxy) is 1. The Bertz CT molecular complexity index is 621. The van der Waals surface area contributed by atoms with E-state index in [-0.39, 0.29) is 17.8 Å². The Balaban J connectivity index is 2.10. The highest BCUT2D eigenvalue weighted by Gasteiger charge is 2.29. The Kier molecular flexibility index (Phi) is 2.74. The minimum atomic E-state index is -0.964. The van der Waals surface area contributed by atoms with E-state index in [1.54, 1.807) is 10.9 Å². The van der Waals surface area contributed by atoms with Gasteiger partial charge >= 0.3 is 5.97 Å². The molecule has 1 aliphatic rings. The summed E-state index contributed by atoms with van der Waals surface area (Å²) in [4.78, 5) is 15.2. The van der Waals surface area contributed by atoms with E-state index in [1.807, 2.05) is 31.2 Å². The lowest BCUT2D eigenvalue weighted by Gasteiger charge is -2.31. The molecule has 0 spiro atoms. The van der Waals surface area contributed by atoms with E-state index in [2.05, 4.69) is 4.98 Å². The fourth-order valence-electron chi connectivity index (χ4n) is 2.55. The summed E-state index contributed by atoms with van der Waals surface area (Å²) in [5.74, 6) is -0.148. The van der Waals surface area contributed by atoms with E-state index in [0.717, 1.165) is 17.7 Å². The summed E-state index contributed by atoms with van der Waals surface area (Å²) < 4.78 is 7.49. The van der Waals surface area contributed by atoms with Gasteiger partial charge in [-0.1, -0.05) is 18.2 Å². The van der Waals surface area contributed by atoms with Crippen LogP contribution in [0, 0.1) is 0 Å². The number of carboxylic acid groups (broad SMARTS) is 1. The number of nitrogens with zero attached hydrogens (tertiary/aromatic N) is 2. The average Bonchev–Trinajstić information content (AvgIpc) is 2.86. The van der Waals surface area contributed by atoms with Gasteiger partial charge < -0.3 is 14.4 Å². The Labute approximate surface area is 110 Å². The molecule has 0 bridgehead atoms. The molecular weight excluding hydrogens is 244 g/mol. The first-order valence-corrected chi connectivity index (χ1v) is 6.17. The van der Waals surface area contributed by atoms with Crippen molar-refractivity contribution in [3.05, 3.63) is 48.0 Å². The average molecular weight is 258 g/mol. The molecule has 1 aromatic heterocycles. The summed E-state index contributed by atoms with van der Waals surface area (Å²) in [6.45, 7) is 1.99. The molecule has 3 rings (SSSR count). The fraction of sp³-hybridized carbons (Fsp3) is 0.286. The number of aromatic carboxylic acids is 1. The fourth-order valence-corrected chi connectivity index (χ4v) is 2.55. The Morgan fingerprint density at radius 2 is 2.26 bits per heavy atom. The number of fused-ring (bicyclic) bond motifs is 1. The second-order valence-corrected chi connectivity index (χ2v) is 4.71. The topological polar surface area (TPSA) is 64.4 Å². The number of rotatable bonds is 2. The molecule has 1 aliphatic heterocycles. The van der Waals surface area contributed by atoms with Gasteiger partial charge in [0.05, 0.1) is 24.7 Å². The smallest absolute Gasteiger partial charge is 0.354 e. The minimum absolute atomic E-state index is 0.0453. The molecule has 0 unspecified atom stereocenters. The SMILES string of the molecule is C[C@H]1C[C@@H](n2cncc2C(=O)O)c2ccccc2O1. The van der Waals surface area contributed by atoms with Crippen molar-refractivity contribution < 1.29 is 14.6 Å². The van der Waals surface area contributed by atoms with Gasteiger partial charge in [-0.15, -0.1) is 0 Å². The van der Waals surface area contributed by atoms with E-state index in [0.29, 0.717) is 0 Å². The van der Waals surface area contributed by atoms with E-state index in [4.69, 9.17) is 4.74 Å². The van der Waals surface area contributed by atoms with E-state index in [1.165, 1.54) is 6.20 Å². The van der Waals surface area contributed by atoms with Crippen LogP contribution < -0.4 is 4.74 Å². The second kappa shape index (κ2) is 4.42. The normalized spacial score (nSPS) is 21.5. The van der Waals surface area contributed by atoms with Crippen molar-refractivity contribution in [1.82, 2.24) is 9.55 Å². The quantitative estimate of drug-likeness (QED) is 0.898. The van der Waals surface area contributed by atoms with Crippen LogP contribution in [0.5, 0.6) is 5.75 Å². The van der Waals surface area contributed by atoms with Crippen molar-refractivity contribution in [2.24, 2.45) is 0 Å². The number of imidazole rings is 1. The van der Waals surface area contributed by atoms with Gasteiger partial charge in [0.1, 0.15) is 11.4 Å². The Morgan fingerprint density at radius 1 is 1.47 bits per heavy atom. The minimum Gasteiger partial charge on any atom is -0.490 e. The van der Waals surface area contributed by atoms with Crippen LogP contribution in [0.2, 0.25) is 0 Å². The van der Waals surface area contributed by atoms with Crippen LogP contribution in [-0.4, -0.2) is 26.7 Å². The van der Waals surface area contributed by atoms with Crippen LogP contribution >= 0.6 is 0 Å². The highest BCUT2D eigenvalue weighted by atomic mass is 16.5. The lowest BCUT2D eigenvalue weighted by atomic mass is 9.96. The Hall–Kier alpha value is -2.30. The van der Waals surface area contributed by atoms with Crippen molar-refractivity contribution in [2.75, 3.05) is 0 Å². The maximum Gasteiger partial charge on any atom is 0.354 e. The summed E-state index contributed by atoms with van der Waals surface area (Å²) >= 11 is 0. The Morgan fingerprint density at radius 3 is 3.05 bits per heavy atom. The molecule has 98 valence electrons. The van der Waals surface area contributed by atoms with E-state index in [9.17, 15) is 9.90 Å². The second-order valence-electron chi connectivity index (χ2n) is 4.71. The van der Waals surface area contributed by atoms with Crippen LogP contribution in [0.1, 0.15) is 35.4 Å². The molecule has 0 fully saturated rings. The molecule has 2 atom stereocenters. The van der Waals surface area contributed by atoms with Gasteiger partial charge in [0, 0.05) is 12.0 Å². The third kappa shape index (κ3) is 1.97. The van der Waals surface area contributed by atoms with Crippen molar-refractivity contribution in [3.63, 3.8) is 0 Å². The van der Waals surface area contributed by atoms with E-state index >= 15 is 0 Å². The number of aromatic nitrogens is 2. The maximum absolute atomic E-state index is 11.2. The summed E-state index contributed by atoms with van der Waals surface area (Å²) in [6, 6.07) is 7.68. The van der Waals surface area contributed by atoms with Crippen molar-refractivity contribution >= 4 is 5.97 Å². The number of carboxylic acids is 1. The molecular formula is C14H14N2O3. The maximum atomic E-state index is 11.2. The standard InChI is InChI=1S/C14H14N2O3/c1-9-6-11(10-4-2-3-5-13(10)19-9)16-8-15-7-12(16)14(17)18/h2-5,7-9,11H,6H2,1H3,(H,17,18)/t9-,11+/m0/s1. The zero-order chi connectivity index (χ0) is 13.4. The molecule has 0 saturated carbocycles. The highest BCUT2D eigenvalue weighted by molar-refractivity contribution is 5.85. The molecule has 19 heavy (non-hydrogen) atoms. The molecule has 0 amide bonds. The van der Waals surface area contributed by atoms with Gasteiger partial charge in [0.25, 0.3) is 0 Å². The monoisotopic (exact) mass is 258 g/mol. The molecule has 5 nitrogen and oxygen atoms in total. The number of para-hydroxylation sites is 1. The zero-order valence-corrected chi connectivity index (χ0v) is 10.5. The van der Waals surface area contributed by atoms with E-state index < -0.39 is 5.97 Å². The number of benzene rings is 1. The highest BCUT2D eigenvalue weighted by Crippen LogP contribution is 2.37. The molecule has 2 aromatic rings. The zero-order valence-electron chi connectivity index (χ0n) is 10.5. The van der Waals surface area contributed by atoms with Crippen molar-refractivity contribution in [2.45, 2.75) is 25.5 Å². The molecule has 1 N–H and O–H groups in total. The lowest BCUT2D eigenvalue weighted by Crippen LogP contribution is -2.27. The van der Waals surface area contributed by atoms with Crippen molar-refractivity contribution in [3.8, 4) is 5.75 Å². The third-order valence-corrected chi connectivity index (χ3v) is 3.38. The number of carbonyl (C=O) groups is 1. The van der Waals surface area contributed by atoms with Gasteiger partial charge in [-0.05, 0) is 13.0 Å². The predicted octanol–water partition coefficient (Wildman–Crippen LogP) is 2.34. The van der Waals surface area contributed by atoms with Crippen LogP contribution in [0.4, 0.5) is 0 Å². The molecule has 0 aliphatic carbocycles. The largest absolute Gasteiger partial charge is 0.490 e. The first kappa shape index (κ1) is 11.8. The predicted molar refractivity (Wildman–Crippen MR) is 68.5 cm³/mol. The van der Waals surface area contributed by atoms with Crippen LogP contribution in [0.25, 0.3) is 0 Å². The van der Waals surface area contributed by atoms with Crippen LogP contribution in [0.15, 0.2) is 36.8 Å². The summed E-state index contributed by atoms with van der Waals surface area (Å²) in [6.07, 6.45) is 3.73. The summed E-state index contributed by atoms with van der Waals surface area (Å²) in [5.41, 5.74) is 1.20. The molecule has 0 saturated heterocycles. The third-order valence-electron chi connectivity index (χ3n) is 3.38. The number of hydrogen-bond donors (Lipinski definition) is 1. The van der Waals surface area contributed by atoms with Crippen LogP contribution in [-0.2, 0) is 0 Å². The molecule has 5 heteroatoms. The van der Waals surface area contributed by atoms with Crippen LogP contribution in [0.3, 0.4) is 0 Å². The van der Waals surface area contributed by atoms with Crippen molar-refractivity contribution in [1.29, 1.82) is 0 Å². The first-order valence-electron chi connectivity index (χ1n) is 6.17. The molecule has 0 radical (unpaired) electrons. The molecule has 2 heterocycles. The van der Waals surface area contributed by atoms with Gasteiger partial charge in [-0.25, -0.2) is 9.78 Å². The van der Waals surface area contributed by atoms with Gasteiger partial charge in [-0.2, -0.15) is 0 Å². The van der Waals surface area contributed by atoms with Gasteiger partial charge in [0.2, 0.25) is 0 Å². The summed E-state index contributed by atoms with van der Waals surface area (Å²) in [7, 11) is 0. The first-order chi connectivity index (χ1) is 9.16. The lowest BCUT2D eigenvalue weighted by molar-refractivity contribution is 0.0679. The van der Waals surface area contributed by atoms with Gasteiger partial charge in [-0.3, -0.25) is 0 Å². The number of hydrogen-bond acceptors (Lipinski definition) is 3. The summed E-state index contributed by atoms with van der Waals surface area (Å²) in [5, 5.41) is 9.21.